The molecular formula is C9H10ClN5OS. The van der Waals surface area contributed by atoms with Gasteiger partial charge in [-0.05, 0) is 0 Å². The van der Waals surface area contributed by atoms with E-state index in [0.717, 1.165) is 23.1 Å². The van der Waals surface area contributed by atoms with Crippen LogP contribution in [0.25, 0.3) is 0 Å². The molecule has 1 N–H and O–H groups in total. The highest BCUT2D eigenvalue weighted by Crippen LogP contribution is 2.29. The maximum absolute atomic E-state index is 11.3. The molecule has 8 heteroatoms. The van der Waals surface area contributed by atoms with E-state index in [-0.39, 0.29) is 6.03 Å². The normalized spacial score (nSPS) is 19.1. The van der Waals surface area contributed by atoms with Crippen molar-refractivity contribution < 1.29 is 4.79 Å². The van der Waals surface area contributed by atoms with Gasteiger partial charge in [0.15, 0.2) is 10.3 Å². The van der Waals surface area contributed by atoms with Crippen LogP contribution in [0.2, 0.25) is 5.15 Å². The molecule has 0 atom stereocenters. The van der Waals surface area contributed by atoms with Gasteiger partial charge in [0.2, 0.25) is 0 Å². The lowest BCUT2D eigenvalue weighted by molar-refractivity contribution is 0.219. The average Bonchev–Trinajstić information content (AvgIpc) is 2.94. The van der Waals surface area contributed by atoms with Gasteiger partial charge in [-0.25, -0.2) is 14.8 Å². The predicted octanol–water partition coefficient (Wildman–Crippen LogP) is 1.00. The molecule has 0 saturated carbocycles. The fraction of sp³-hybridized carbons (Fsp3) is 0.444. The monoisotopic (exact) mass is 271 g/mol. The van der Waals surface area contributed by atoms with Crippen molar-refractivity contribution >= 4 is 35.6 Å². The van der Waals surface area contributed by atoms with Gasteiger partial charge >= 0.3 is 6.03 Å². The van der Waals surface area contributed by atoms with E-state index in [2.05, 4.69) is 15.4 Å². The third-order valence-corrected chi connectivity index (χ3v) is 3.86. The maximum atomic E-state index is 11.3. The van der Waals surface area contributed by atoms with Crippen molar-refractivity contribution in [3.63, 3.8) is 0 Å². The summed E-state index contributed by atoms with van der Waals surface area (Å²) >= 11 is 7.70. The molecule has 2 aliphatic rings. The molecular weight excluding hydrogens is 262 g/mol. The number of hydrazone groups is 1. The number of nitrogens with zero attached hydrogens (tertiary/aromatic N) is 4. The van der Waals surface area contributed by atoms with Crippen LogP contribution in [0.4, 0.5) is 4.79 Å². The lowest BCUT2D eigenvalue weighted by atomic mass is 10.5. The zero-order valence-electron chi connectivity index (χ0n) is 8.89. The first-order valence-corrected chi connectivity index (χ1v) is 6.60. The second kappa shape index (κ2) is 4.23. The highest BCUT2D eigenvalue weighted by atomic mass is 35.5. The van der Waals surface area contributed by atoms with Crippen LogP contribution in [0, 0.1) is 0 Å². The Hall–Kier alpha value is -1.21. The number of amides is 2. The van der Waals surface area contributed by atoms with Gasteiger partial charge in [-0.3, -0.25) is 0 Å². The molecule has 0 radical (unpaired) electrons. The molecule has 1 fully saturated rings. The number of thioether (sulfide) groups is 1. The molecule has 2 amide bonds. The fourth-order valence-corrected chi connectivity index (χ4v) is 3.03. The summed E-state index contributed by atoms with van der Waals surface area (Å²) in [5.41, 5.74) is 0.770. The minimum Gasteiger partial charge on any atom is -0.335 e. The van der Waals surface area contributed by atoms with Crippen LogP contribution >= 0.6 is 23.4 Å². The summed E-state index contributed by atoms with van der Waals surface area (Å²) in [6.07, 6.45) is 1.61. The van der Waals surface area contributed by atoms with Gasteiger partial charge in [-0.1, -0.05) is 23.4 Å². The number of aromatic nitrogens is 2. The van der Waals surface area contributed by atoms with E-state index in [1.165, 1.54) is 5.01 Å². The molecule has 1 aromatic heterocycles. The number of fused-ring (bicyclic) bond motifs is 1. The standard InChI is InChI=1S/C9H10ClN5OS/c10-7-6(14-3-4-17-9(14)13-7)5-12-15-2-1-11-8(15)16/h5H,1-4H2,(H,11,16)/b12-5+. The van der Waals surface area contributed by atoms with Crippen molar-refractivity contribution in [3.8, 4) is 0 Å². The number of hydrogen-bond acceptors (Lipinski definition) is 4. The number of hydrogen-bond donors (Lipinski definition) is 1. The van der Waals surface area contributed by atoms with Crippen molar-refractivity contribution in [2.24, 2.45) is 5.10 Å². The van der Waals surface area contributed by atoms with Gasteiger partial charge in [0.25, 0.3) is 0 Å². The van der Waals surface area contributed by atoms with E-state index < -0.39 is 0 Å². The van der Waals surface area contributed by atoms with Gasteiger partial charge in [0.05, 0.1) is 12.8 Å². The highest BCUT2D eigenvalue weighted by molar-refractivity contribution is 7.99. The Balaban J connectivity index is 1.85. The van der Waals surface area contributed by atoms with E-state index >= 15 is 0 Å². The first-order valence-electron chi connectivity index (χ1n) is 5.24. The Morgan fingerprint density at radius 3 is 3.18 bits per heavy atom. The molecule has 17 heavy (non-hydrogen) atoms. The van der Waals surface area contributed by atoms with Crippen LogP contribution in [0.15, 0.2) is 10.3 Å². The molecule has 1 aromatic rings. The van der Waals surface area contributed by atoms with Gasteiger partial charge in [0, 0.05) is 18.8 Å². The third-order valence-electron chi connectivity index (χ3n) is 2.63. The molecule has 3 rings (SSSR count). The Bertz CT molecular complexity index is 500. The number of halogens is 1. The first-order chi connectivity index (χ1) is 8.25. The Morgan fingerprint density at radius 2 is 2.41 bits per heavy atom. The van der Waals surface area contributed by atoms with Crippen molar-refractivity contribution in [2.75, 3.05) is 18.8 Å². The number of imidazole rings is 1. The molecule has 6 nitrogen and oxygen atoms in total. The fourth-order valence-electron chi connectivity index (χ4n) is 1.79. The molecule has 0 aromatic carbocycles. The Morgan fingerprint density at radius 1 is 1.53 bits per heavy atom. The van der Waals surface area contributed by atoms with Crippen molar-refractivity contribution in [1.82, 2.24) is 19.9 Å². The zero-order chi connectivity index (χ0) is 11.8. The molecule has 90 valence electrons. The summed E-state index contributed by atoms with van der Waals surface area (Å²) in [6, 6.07) is -0.173. The van der Waals surface area contributed by atoms with Crippen LogP contribution in [-0.4, -0.2) is 45.6 Å². The number of urea groups is 1. The minimum absolute atomic E-state index is 0.173. The van der Waals surface area contributed by atoms with Crippen LogP contribution in [0.3, 0.4) is 0 Å². The van der Waals surface area contributed by atoms with E-state index in [1.54, 1.807) is 18.0 Å². The third kappa shape index (κ3) is 1.89. The number of carbonyl (C=O) groups excluding carboxylic acids is 1. The lowest BCUT2D eigenvalue weighted by Crippen LogP contribution is -2.23. The quantitative estimate of drug-likeness (QED) is 0.817. The second-order valence-electron chi connectivity index (χ2n) is 3.67. The van der Waals surface area contributed by atoms with Crippen LogP contribution in [-0.2, 0) is 6.54 Å². The summed E-state index contributed by atoms with van der Waals surface area (Å²) in [5.74, 6) is 1.00. The summed E-state index contributed by atoms with van der Waals surface area (Å²) < 4.78 is 2.02. The highest BCUT2D eigenvalue weighted by Gasteiger charge is 2.21. The summed E-state index contributed by atoms with van der Waals surface area (Å²) in [7, 11) is 0. The van der Waals surface area contributed by atoms with E-state index in [1.807, 2.05) is 4.57 Å². The molecule has 2 aliphatic heterocycles. The first kappa shape index (κ1) is 10.9. The maximum Gasteiger partial charge on any atom is 0.337 e. The Kier molecular flexibility index (Phi) is 2.71. The van der Waals surface area contributed by atoms with Gasteiger partial charge < -0.3 is 9.88 Å². The molecule has 0 unspecified atom stereocenters. The molecule has 0 aliphatic carbocycles. The van der Waals surface area contributed by atoms with Crippen LogP contribution in [0.1, 0.15) is 5.69 Å². The molecule has 1 saturated heterocycles. The van der Waals surface area contributed by atoms with Gasteiger partial charge in [-0.15, -0.1) is 0 Å². The largest absolute Gasteiger partial charge is 0.337 e. The molecule has 0 bridgehead atoms. The van der Waals surface area contributed by atoms with Crippen molar-refractivity contribution in [1.29, 1.82) is 0 Å². The van der Waals surface area contributed by atoms with Gasteiger partial charge in [-0.2, -0.15) is 5.10 Å². The van der Waals surface area contributed by atoms with Crippen molar-refractivity contribution in [3.05, 3.63) is 10.8 Å². The molecule has 3 heterocycles. The zero-order valence-corrected chi connectivity index (χ0v) is 10.5. The van der Waals surface area contributed by atoms with Crippen LogP contribution in [0.5, 0.6) is 0 Å². The summed E-state index contributed by atoms with van der Waals surface area (Å²) in [4.78, 5) is 15.5. The van der Waals surface area contributed by atoms with Crippen LogP contribution < -0.4 is 5.32 Å². The Labute approximate surface area is 107 Å². The smallest absolute Gasteiger partial charge is 0.335 e. The minimum atomic E-state index is -0.173. The summed E-state index contributed by atoms with van der Waals surface area (Å²) in [5, 5.41) is 9.55. The number of nitrogens with one attached hydrogen (secondary N) is 1. The van der Waals surface area contributed by atoms with E-state index in [4.69, 9.17) is 11.6 Å². The van der Waals surface area contributed by atoms with Gasteiger partial charge in [0.1, 0.15) is 5.69 Å². The molecule has 0 spiro atoms. The van der Waals surface area contributed by atoms with E-state index in [9.17, 15) is 4.79 Å². The lowest BCUT2D eigenvalue weighted by Gasteiger charge is -2.05. The topological polar surface area (TPSA) is 62.5 Å². The second-order valence-corrected chi connectivity index (χ2v) is 5.09. The number of carbonyl (C=O) groups is 1. The van der Waals surface area contributed by atoms with E-state index in [0.29, 0.717) is 18.2 Å². The number of rotatable bonds is 2. The average molecular weight is 272 g/mol. The SMILES string of the molecule is O=C1NCCN1/N=C/c1c(Cl)nc2n1CCS2. The summed E-state index contributed by atoms with van der Waals surface area (Å²) in [6.45, 7) is 2.10. The predicted molar refractivity (Wildman–Crippen MR) is 65.7 cm³/mol. The van der Waals surface area contributed by atoms with Crippen molar-refractivity contribution in [2.45, 2.75) is 11.7 Å².